The Morgan fingerprint density at radius 2 is 2.15 bits per heavy atom. The Morgan fingerprint density at radius 3 is 2.75 bits per heavy atom. The number of nitriles is 1. The standard InChI is InChI=1S/C14H18N4O2/c1-10-7-13(18-17-11(10)2)20-8-12(19)16-14(9-15)5-3-4-6-14/h7H,3-6,8H2,1-2H3,(H,16,19). The molecule has 20 heavy (non-hydrogen) atoms. The van der Waals surface area contributed by atoms with Crippen LogP contribution in [0.25, 0.3) is 0 Å². The predicted molar refractivity (Wildman–Crippen MR) is 72.0 cm³/mol. The Labute approximate surface area is 118 Å². The van der Waals surface area contributed by atoms with Crippen LogP contribution in [0, 0.1) is 25.2 Å². The van der Waals surface area contributed by atoms with E-state index in [2.05, 4.69) is 21.6 Å². The highest BCUT2D eigenvalue weighted by atomic mass is 16.5. The van der Waals surface area contributed by atoms with Gasteiger partial charge < -0.3 is 10.1 Å². The Kier molecular flexibility index (Phi) is 4.18. The Balaban J connectivity index is 1.89. The van der Waals surface area contributed by atoms with E-state index in [9.17, 15) is 10.1 Å². The van der Waals surface area contributed by atoms with Gasteiger partial charge in [-0.15, -0.1) is 5.10 Å². The number of aryl methyl sites for hydroxylation is 2. The van der Waals surface area contributed by atoms with Gasteiger partial charge in [-0.05, 0) is 45.1 Å². The molecule has 1 aliphatic carbocycles. The normalized spacial score (nSPS) is 16.4. The average molecular weight is 274 g/mol. The molecule has 0 unspecified atom stereocenters. The molecule has 0 aromatic carbocycles. The van der Waals surface area contributed by atoms with E-state index in [4.69, 9.17) is 4.74 Å². The van der Waals surface area contributed by atoms with Crippen molar-refractivity contribution in [2.24, 2.45) is 0 Å². The van der Waals surface area contributed by atoms with Gasteiger partial charge >= 0.3 is 0 Å². The fraction of sp³-hybridized carbons (Fsp3) is 0.571. The molecule has 1 amide bonds. The lowest BCUT2D eigenvalue weighted by Gasteiger charge is -2.21. The van der Waals surface area contributed by atoms with Gasteiger partial charge in [0.2, 0.25) is 5.88 Å². The van der Waals surface area contributed by atoms with E-state index in [0.29, 0.717) is 18.7 Å². The second-order valence-electron chi connectivity index (χ2n) is 5.19. The van der Waals surface area contributed by atoms with E-state index in [1.807, 2.05) is 13.8 Å². The summed E-state index contributed by atoms with van der Waals surface area (Å²) in [6.07, 6.45) is 3.35. The first-order valence-corrected chi connectivity index (χ1v) is 6.71. The quantitative estimate of drug-likeness (QED) is 0.897. The van der Waals surface area contributed by atoms with Gasteiger partial charge in [-0.25, -0.2) is 0 Å². The highest BCUT2D eigenvalue weighted by Gasteiger charge is 2.35. The van der Waals surface area contributed by atoms with Crippen LogP contribution in [0.5, 0.6) is 5.88 Å². The summed E-state index contributed by atoms with van der Waals surface area (Å²) in [4.78, 5) is 11.9. The molecule has 0 saturated heterocycles. The van der Waals surface area contributed by atoms with E-state index in [1.54, 1.807) is 6.07 Å². The van der Waals surface area contributed by atoms with Crippen LogP contribution < -0.4 is 10.1 Å². The van der Waals surface area contributed by atoms with Gasteiger partial charge in [0.25, 0.3) is 5.91 Å². The second kappa shape index (κ2) is 5.87. The summed E-state index contributed by atoms with van der Waals surface area (Å²) in [6.45, 7) is 3.61. The van der Waals surface area contributed by atoms with Gasteiger partial charge in [0, 0.05) is 6.07 Å². The van der Waals surface area contributed by atoms with Crippen LogP contribution in [0.15, 0.2) is 6.07 Å². The highest BCUT2D eigenvalue weighted by Crippen LogP contribution is 2.28. The minimum absolute atomic E-state index is 0.152. The van der Waals surface area contributed by atoms with E-state index < -0.39 is 5.54 Å². The van der Waals surface area contributed by atoms with E-state index in [1.165, 1.54) is 0 Å². The Bertz CT molecular complexity index is 545. The third-order valence-corrected chi connectivity index (χ3v) is 3.61. The number of ether oxygens (including phenoxy) is 1. The molecule has 1 fully saturated rings. The summed E-state index contributed by atoms with van der Waals surface area (Å²) in [5.41, 5.74) is 1.07. The van der Waals surface area contributed by atoms with Crippen molar-refractivity contribution in [1.29, 1.82) is 5.26 Å². The van der Waals surface area contributed by atoms with Crippen LogP contribution >= 0.6 is 0 Å². The summed E-state index contributed by atoms with van der Waals surface area (Å²) in [6, 6.07) is 3.95. The zero-order valence-electron chi connectivity index (χ0n) is 11.8. The molecule has 1 aromatic heterocycles. The average Bonchev–Trinajstić information content (AvgIpc) is 2.89. The summed E-state index contributed by atoms with van der Waals surface area (Å²) in [7, 11) is 0. The molecule has 106 valence electrons. The minimum Gasteiger partial charge on any atom is -0.466 e. The van der Waals surface area contributed by atoms with Crippen molar-refractivity contribution in [1.82, 2.24) is 15.5 Å². The molecule has 1 heterocycles. The molecule has 0 radical (unpaired) electrons. The largest absolute Gasteiger partial charge is 0.466 e. The van der Waals surface area contributed by atoms with Crippen molar-refractivity contribution in [2.75, 3.05) is 6.61 Å². The number of nitrogens with one attached hydrogen (secondary N) is 1. The van der Waals surface area contributed by atoms with Gasteiger partial charge in [-0.1, -0.05) is 0 Å². The maximum Gasteiger partial charge on any atom is 0.259 e. The fourth-order valence-electron chi connectivity index (χ4n) is 2.28. The van der Waals surface area contributed by atoms with Gasteiger partial charge in [0.05, 0.1) is 11.8 Å². The topological polar surface area (TPSA) is 87.9 Å². The van der Waals surface area contributed by atoms with Crippen molar-refractivity contribution in [3.8, 4) is 11.9 Å². The number of rotatable bonds is 4. The van der Waals surface area contributed by atoms with Crippen LogP contribution in [0.2, 0.25) is 0 Å². The molecule has 0 atom stereocenters. The van der Waals surface area contributed by atoms with Crippen LogP contribution in [-0.2, 0) is 4.79 Å². The summed E-state index contributed by atoms with van der Waals surface area (Å²) in [5, 5.41) is 19.7. The zero-order valence-corrected chi connectivity index (χ0v) is 11.8. The van der Waals surface area contributed by atoms with Crippen molar-refractivity contribution >= 4 is 5.91 Å². The first-order chi connectivity index (χ1) is 9.54. The van der Waals surface area contributed by atoms with E-state index in [-0.39, 0.29) is 12.5 Å². The maximum absolute atomic E-state index is 11.9. The lowest BCUT2D eigenvalue weighted by Crippen LogP contribution is -2.47. The number of carbonyl (C=O) groups excluding carboxylic acids is 1. The second-order valence-corrected chi connectivity index (χ2v) is 5.19. The molecule has 1 N–H and O–H groups in total. The number of carbonyl (C=O) groups is 1. The van der Waals surface area contributed by atoms with Crippen molar-refractivity contribution in [3.05, 3.63) is 17.3 Å². The number of hydrogen-bond acceptors (Lipinski definition) is 5. The predicted octanol–water partition coefficient (Wildman–Crippen LogP) is 1.42. The van der Waals surface area contributed by atoms with Crippen molar-refractivity contribution in [2.45, 2.75) is 45.1 Å². The fourth-order valence-corrected chi connectivity index (χ4v) is 2.28. The molecule has 1 aromatic rings. The number of hydrogen-bond donors (Lipinski definition) is 1. The summed E-state index contributed by atoms with van der Waals surface area (Å²) >= 11 is 0. The van der Waals surface area contributed by atoms with Crippen LogP contribution in [0.4, 0.5) is 0 Å². The smallest absolute Gasteiger partial charge is 0.259 e. The molecular weight excluding hydrogens is 256 g/mol. The third kappa shape index (κ3) is 3.23. The minimum atomic E-state index is -0.713. The molecule has 0 aliphatic heterocycles. The van der Waals surface area contributed by atoms with E-state index in [0.717, 1.165) is 24.1 Å². The Morgan fingerprint density at radius 1 is 1.45 bits per heavy atom. The molecule has 1 aliphatic rings. The van der Waals surface area contributed by atoms with Crippen molar-refractivity contribution in [3.63, 3.8) is 0 Å². The molecule has 0 bridgehead atoms. The summed E-state index contributed by atoms with van der Waals surface area (Å²) < 4.78 is 5.31. The maximum atomic E-state index is 11.9. The van der Waals surface area contributed by atoms with Gasteiger partial charge in [0.15, 0.2) is 6.61 Å². The number of amides is 1. The van der Waals surface area contributed by atoms with Gasteiger partial charge in [0.1, 0.15) is 5.54 Å². The molecule has 6 heteroatoms. The molecule has 6 nitrogen and oxygen atoms in total. The monoisotopic (exact) mass is 274 g/mol. The van der Waals surface area contributed by atoms with Gasteiger partial charge in [-0.3, -0.25) is 4.79 Å². The third-order valence-electron chi connectivity index (χ3n) is 3.61. The zero-order chi connectivity index (χ0) is 14.6. The Hall–Kier alpha value is -2.16. The highest BCUT2D eigenvalue weighted by molar-refractivity contribution is 5.78. The van der Waals surface area contributed by atoms with Gasteiger partial charge in [-0.2, -0.15) is 10.4 Å². The van der Waals surface area contributed by atoms with Crippen LogP contribution in [-0.4, -0.2) is 28.3 Å². The van der Waals surface area contributed by atoms with E-state index >= 15 is 0 Å². The molecule has 1 saturated carbocycles. The lowest BCUT2D eigenvalue weighted by molar-refractivity contribution is -0.124. The van der Waals surface area contributed by atoms with Crippen LogP contribution in [0.1, 0.15) is 36.9 Å². The first-order valence-electron chi connectivity index (χ1n) is 6.71. The lowest BCUT2D eigenvalue weighted by atomic mass is 10.00. The van der Waals surface area contributed by atoms with Crippen molar-refractivity contribution < 1.29 is 9.53 Å². The summed E-state index contributed by atoms with van der Waals surface area (Å²) in [5.74, 6) is 0.0224. The van der Waals surface area contributed by atoms with Crippen LogP contribution in [0.3, 0.4) is 0 Å². The molecular formula is C14H18N4O2. The number of aromatic nitrogens is 2. The molecule has 0 spiro atoms. The SMILES string of the molecule is Cc1cc(OCC(=O)NC2(C#N)CCCC2)nnc1C. The molecule has 2 rings (SSSR count). The number of nitrogens with zero attached hydrogens (tertiary/aromatic N) is 3. The first kappa shape index (κ1) is 14.3.